The van der Waals surface area contributed by atoms with E-state index in [2.05, 4.69) is 15.0 Å². The first kappa shape index (κ1) is 26.1. The fraction of sp³-hybridized carbons (Fsp3) is 0.308. The van der Waals surface area contributed by atoms with Crippen LogP contribution in [-0.4, -0.2) is 45.8 Å². The number of halogens is 3. The van der Waals surface area contributed by atoms with E-state index in [0.717, 1.165) is 28.7 Å². The van der Waals surface area contributed by atoms with Crippen LogP contribution < -0.4 is 4.74 Å². The maximum atomic E-state index is 12.8. The number of aromatic nitrogens is 4. The average Bonchev–Trinajstić information content (AvgIpc) is 3.28. The van der Waals surface area contributed by atoms with E-state index in [9.17, 15) is 18.0 Å². The molecule has 0 N–H and O–H groups in total. The summed E-state index contributed by atoms with van der Waals surface area (Å²) in [5.74, 6) is 0.573. The normalized spacial score (nSPS) is 11.6. The van der Waals surface area contributed by atoms with E-state index < -0.39 is 11.9 Å². The summed E-state index contributed by atoms with van der Waals surface area (Å²) < 4.78 is 56.7. The topological polar surface area (TPSA) is 88.4 Å². The molecule has 0 fully saturated rings. The van der Waals surface area contributed by atoms with E-state index in [-0.39, 0.29) is 25.0 Å². The number of fused-ring (bicyclic) bond motifs is 1. The smallest absolute Gasteiger partial charge is 0.433 e. The number of benzene rings is 1. The van der Waals surface area contributed by atoms with Gasteiger partial charge in [0.25, 0.3) is 0 Å². The Labute approximate surface area is 211 Å². The van der Waals surface area contributed by atoms with Gasteiger partial charge in [-0.2, -0.15) is 13.2 Å². The Kier molecular flexibility index (Phi) is 8.02. The Bertz CT molecular complexity index is 1370. The van der Waals surface area contributed by atoms with Gasteiger partial charge in [0.1, 0.15) is 24.7 Å². The van der Waals surface area contributed by atoms with E-state index in [4.69, 9.17) is 14.2 Å². The van der Waals surface area contributed by atoms with Crippen LogP contribution in [-0.2, 0) is 40.0 Å². The number of esters is 1. The van der Waals surface area contributed by atoms with Crippen LogP contribution in [0.1, 0.15) is 23.9 Å². The molecule has 0 saturated heterocycles. The first-order valence-electron chi connectivity index (χ1n) is 11.5. The Morgan fingerprint density at radius 1 is 1.05 bits per heavy atom. The number of alkyl halides is 3. The lowest BCUT2D eigenvalue weighted by Crippen LogP contribution is -2.09. The van der Waals surface area contributed by atoms with Gasteiger partial charge in [-0.05, 0) is 35.7 Å². The number of hydrogen-bond donors (Lipinski definition) is 0. The number of rotatable bonds is 10. The van der Waals surface area contributed by atoms with E-state index in [1.165, 1.54) is 13.0 Å². The van der Waals surface area contributed by atoms with Crippen LogP contribution in [0, 0.1) is 0 Å². The summed E-state index contributed by atoms with van der Waals surface area (Å²) in [5, 5.41) is 1.02. The molecule has 0 amide bonds. The Hall–Kier alpha value is -3.99. The average molecular weight is 515 g/mol. The molecule has 3 heterocycles. The lowest BCUT2D eigenvalue weighted by Gasteiger charge is -2.13. The number of carbonyl (C=O) groups excluding carboxylic acids is 1. The van der Waals surface area contributed by atoms with Crippen LogP contribution in [0.25, 0.3) is 22.3 Å². The van der Waals surface area contributed by atoms with Gasteiger partial charge in [-0.3, -0.25) is 9.78 Å². The molecule has 0 saturated carbocycles. The molecular weight excluding hydrogens is 489 g/mol. The zero-order valence-corrected chi connectivity index (χ0v) is 20.3. The van der Waals surface area contributed by atoms with Crippen molar-refractivity contribution in [3.8, 4) is 17.1 Å². The summed E-state index contributed by atoms with van der Waals surface area (Å²) in [6.45, 7) is 2.74. The molecule has 1 aromatic carbocycles. The largest absolute Gasteiger partial charge is 0.489 e. The fourth-order valence-electron chi connectivity index (χ4n) is 3.71. The summed E-state index contributed by atoms with van der Waals surface area (Å²) >= 11 is 0. The molecule has 0 atom stereocenters. The van der Waals surface area contributed by atoms with Crippen molar-refractivity contribution in [2.75, 3.05) is 20.3 Å². The molecule has 3 aromatic heterocycles. The lowest BCUT2D eigenvalue weighted by atomic mass is 10.1. The third-order valence-corrected chi connectivity index (χ3v) is 5.59. The second-order valence-electron chi connectivity index (χ2n) is 8.20. The molecule has 4 aromatic rings. The van der Waals surface area contributed by atoms with E-state index in [1.54, 1.807) is 13.3 Å². The second kappa shape index (κ2) is 11.4. The van der Waals surface area contributed by atoms with Crippen molar-refractivity contribution in [1.29, 1.82) is 0 Å². The van der Waals surface area contributed by atoms with Crippen molar-refractivity contribution in [3.05, 3.63) is 71.9 Å². The molecule has 0 spiro atoms. The Morgan fingerprint density at radius 3 is 2.59 bits per heavy atom. The molecule has 37 heavy (non-hydrogen) atoms. The fourth-order valence-corrected chi connectivity index (χ4v) is 3.71. The number of ether oxygens (including phenoxy) is 3. The second-order valence-corrected chi connectivity index (χ2v) is 8.20. The van der Waals surface area contributed by atoms with Gasteiger partial charge in [0.05, 0.1) is 24.4 Å². The maximum Gasteiger partial charge on any atom is 0.433 e. The summed E-state index contributed by atoms with van der Waals surface area (Å²) in [5.41, 5.74) is 1.73. The summed E-state index contributed by atoms with van der Waals surface area (Å²) in [4.78, 5) is 23.4. The van der Waals surface area contributed by atoms with Gasteiger partial charge >= 0.3 is 12.1 Å². The highest BCUT2D eigenvalue weighted by molar-refractivity contribution is 5.81. The third-order valence-electron chi connectivity index (χ3n) is 5.59. The number of hydrogen-bond acceptors (Lipinski definition) is 7. The van der Waals surface area contributed by atoms with Gasteiger partial charge in [0, 0.05) is 56.2 Å². The summed E-state index contributed by atoms with van der Waals surface area (Å²) in [6.07, 6.45) is 0.586. The van der Waals surface area contributed by atoms with Crippen LogP contribution in [0.2, 0.25) is 0 Å². The van der Waals surface area contributed by atoms with E-state index in [0.29, 0.717) is 36.6 Å². The molecule has 0 aliphatic rings. The number of nitrogens with zero attached hydrogens (tertiary/aromatic N) is 4. The standard InChI is InChI=1S/C26H25F3N4O4/c1-17(34)36-12-10-33-9-7-18-3-5-21(13-23(18)33)37-16-20-15-31-25(32-22(20)8-11-35-2)19-4-6-24(30-14-19)26(27,28)29/h3-7,9,13-15H,8,10-12,16H2,1-2H3. The third kappa shape index (κ3) is 6.62. The molecule has 11 heteroatoms. The molecule has 0 radical (unpaired) electrons. The highest BCUT2D eigenvalue weighted by Gasteiger charge is 2.32. The van der Waals surface area contributed by atoms with Crippen molar-refractivity contribution in [3.63, 3.8) is 0 Å². The molecule has 0 unspecified atom stereocenters. The highest BCUT2D eigenvalue weighted by Crippen LogP contribution is 2.29. The van der Waals surface area contributed by atoms with E-state index >= 15 is 0 Å². The van der Waals surface area contributed by atoms with Crippen LogP contribution in [0.4, 0.5) is 13.2 Å². The monoisotopic (exact) mass is 514 g/mol. The predicted octanol–water partition coefficient (Wildman–Crippen LogP) is 4.84. The molecule has 0 aliphatic carbocycles. The van der Waals surface area contributed by atoms with Crippen molar-refractivity contribution < 1.29 is 32.2 Å². The lowest BCUT2D eigenvalue weighted by molar-refractivity contribution is -0.142. The van der Waals surface area contributed by atoms with Gasteiger partial charge in [-0.25, -0.2) is 9.97 Å². The number of carbonyl (C=O) groups is 1. The minimum Gasteiger partial charge on any atom is -0.489 e. The van der Waals surface area contributed by atoms with Crippen LogP contribution in [0.5, 0.6) is 5.75 Å². The summed E-state index contributed by atoms with van der Waals surface area (Å²) in [7, 11) is 1.57. The van der Waals surface area contributed by atoms with Gasteiger partial charge in [0.15, 0.2) is 5.82 Å². The quantitative estimate of drug-likeness (QED) is 0.280. The molecular formula is C26H25F3N4O4. The Morgan fingerprint density at radius 2 is 1.89 bits per heavy atom. The predicted molar refractivity (Wildman–Crippen MR) is 129 cm³/mol. The van der Waals surface area contributed by atoms with Crippen molar-refractivity contribution in [1.82, 2.24) is 19.5 Å². The number of methoxy groups -OCH3 is 1. The Balaban J connectivity index is 1.51. The molecule has 0 aliphatic heterocycles. The SMILES string of the molecule is COCCc1nc(-c2ccc(C(F)(F)F)nc2)ncc1COc1ccc2ccn(CCOC(C)=O)c2c1. The van der Waals surface area contributed by atoms with Crippen LogP contribution in [0.3, 0.4) is 0 Å². The summed E-state index contributed by atoms with van der Waals surface area (Å²) in [6, 6.07) is 9.88. The van der Waals surface area contributed by atoms with E-state index in [1.807, 2.05) is 35.0 Å². The molecule has 8 nitrogen and oxygen atoms in total. The van der Waals surface area contributed by atoms with Crippen molar-refractivity contribution in [2.45, 2.75) is 32.7 Å². The zero-order chi connectivity index (χ0) is 26.4. The maximum absolute atomic E-state index is 12.8. The zero-order valence-electron chi connectivity index (χ0n) is 20.3. The van der Waals surface area contributed by atoms with Crippen molar-refractivity contribution >= 4 is 16.9 Å². The molecule has 4 rings (SSSR count). The van der Waals surface area contributed by atoms with Gasteiger partial charge in [-0.15, -0.1) is 0 Å². The minimum atomic E-state index is -4.52. The number of pyridine rings is 1. The van der Waals surface area contributed by atoms with Crippen LogP contribution >= 0.6 is 0 Å². The molecule has 194 valence electrons. The first-order valence-corrected chi connectivity index (χ1v) is 11.5. The molecule has 0 bridgehead atoms. The first-order chi connectivity index (χ1) is 17.7. The minimum absolute atomic E-state index is 0.185. The van der Waals surface area contributed by atoms with Gasteiger partial charge in [-0.1, -0.05) is 0 Å². The van der Waals surface area contributed by atoms with Crippen LogP contribution in [0.15, 0.2) is 55.0 Å². The van der Waals surface area contributed by atoms with Gasteiger partial charge in [0.2, 0.25) is 0 Å². The highest BCUT2D eigenvalue weighted by atomic mass is 19.4. The van der Waals surface area contributed by atoms with Gasteiger partial charge < -0.3 is 18.8 Å². The van der Waals surface area contributed by atoms with Crippen molar-refractivity contribution in [2.24, 2.45) is 0 Å².